The fraction of sp³-hybridized carbons (Fsp3) is 0.542. The maximum Gasteiger partial charge on any atom is 0.326 e. The molecule has 5 atom stereocenters. The normalized spacial score (nSPS) is 14.7. The summed E-state index contributed by atoms with van der Waals surface area (Å²) in [5.74, 6) is -2.99. The van der Waals surface area contributed by atoms with E-state index in [0.29, 0.717) is 12.2 Å². The van der Waals surface area contributed by atoms with E-state index >= 15 is 0 Å². The number of nitrogens with zero attached hydrogens (tertiary/aromatic N) is 1. The van der Waals surface area contributed by atoms with Gasteiger partial charge in [-0.3, -0.25) is 19.4 Å². The molecule has 38 heavy (non-hydrogen) atoms. The highest BCUT2D eigenvalue weighted by molar-refractivity contribution is 7.98. The van der Waals surface area contributed by atoms with Crippen LogP contribution in [0.4, 0.5) is 0 Å². The van der Waals surface area contributed by atoms with E-state index < -0.39 is 54.0 Å². The number of aliphatic hydroxyl groups is 1. The molecule has 11 N–H and O–H groups in total. The minimum atomic E-state index is -1.39. The van der Waals surface area contributed by atoms with Gasteiger partial charge in [0.15, 0.2) is 5.96 Å². The zero-order chi connectivity index (χ0) is 28.7. The number of rotatable bonds is 17. The maximum absolute atomic E-state index is 13.0. The number of carboxylic acid groups (broad SMARTS) is 1. The van der Waals surface area contributed by atoms with Crippen LogP contribution in [0.5, 0.6) is 0 Å². The number of aliphatic carboxylic acids is 1. The minimum Gasteiger partial charge on any atom is -0.480 e. The lowest BCUT2D eigenvalue weighted by atomic mass is 10.0. The number of amides is 3. The Bertz CT molecular complexity index is 943. The van der Waals surface area contributed by atoms with Gasteiger partial charge < -0.3 is 43.4 Å². The molecule has 212 valence electrons. The van der Waals surface area contributed by atoms with Gasteiger partial charge in [-0.25, -0.2) is 4.79 Å². The first-order chi connectivity index (χ1) is 18.0. The highest BCUT2D eigenvalue weighted by Crippen LogP contribution is 2.07. The molecule has 13 nitrogen and oxygen atoms in total. The number of carbonyl (C=O) groups is 4. The Morgan fingerprint density at radius 3 is 2.16 bits per heavy atom. The lowest BCUT2D eigenvalue weighted by molar-refractivity contribution is -0.142. The molecule has 0 aromatic heterocycles. The number of aliphatic imine (C=N–C) groups is 1. The van der Waals surface area contributed by atoms with E-state index in [9.17, 15) is 29.4 Å². The van der Waals surface area contributed by atoms with Gasteiger partial charge in [0.1, 0.15) is 18.1 Å². The number of aliphatic hydroxyl groups excluding tert-OH is 1. The summed E-state index contributed by atoms with van der Waals surface area (Å²) in [6.45, 7) is 1.59. The number of guanidine groups is 1. The van der Waals surface area contributed by atoms with E-state index in [1.54, 1.807) is 30.3 Å². The molecule has 0 aliphatic rings. The fourth-order valence-corrected chi connectivity index (χ4v) is 3.88. The van der Waals surface area contributed by atoms with Gasteiger partial charge >= 0.3 is 5.97 Å². The molecule has 14 heteroatoms. The third kappa shape index (κ3) is 12.3. The van der Waals surface area contributed by atoms with Crippen LogP contribution >= 0.6 is 11.8 Å². The van der Waals surface area contributed by atoms with Crippen molar-refractivity contribution in [2.45, 2.75) is 62.9 Å². The number of benzene rings is 1. The molecule has 0 aliphatic heterocycles. The molecule has 0 bridgehead atoms. The van der Waals surface area contributed by atoms with Gasteiger partial charge in [0.2, 0.25) is 17.7 Å². The molecule has 0 radical (unpaired) electrons. The second kappa shape index (κ2) is 17.2. The van der Waals surface area contributed by atoms with E-state index in [0.717, 1.165) is 5.56 Å². The first kappa shape index (κ1) is 32.7. The van der Waals surface area contributed by atoms with Crippen LogP contribution in [0, 0.1) is 0 Å². The number of carboxylic acids is 1. The number of hydrogen-bond acceptors (Lipinski definition) is 8. The van der Waals surface area contributed by atoms with Crippen molar-refractivity contribution in [3.8, 4) is 0 Å². The number of hydrogen-bond donors (Lipinski definition) is 8. The van der Waals surface area contributed by atoms with Crippen LogP contribution in [-0.4, -0.2) is 88.7 Å². The van der Waals surface area contributed by atoms with Crippen molar-refractivity contribution >= 4 is 41.4 Å². The van der Waals surface area contributed by atoms with Crippen LogP contribution in [0.3, 0.4) is 0 Å². The summed E-state index contributed by atoms with van der Waals surface area (Å²) < 4.78 is 0. The van der Waals surface area contributed by atoms with E-state index in [1.165, 1.54) is 18.7 Å². The highest BCUT2D eigenvalue weighted by Gasteiger charge is 2.32. The van der Waals surface area contributed by atoms with Crippen molar-refractivity contribution < 1.29 is 29.4 Å². The van der Waals surface area contributed by atoms with Crippen molar-refractivity contribution in [2.75, 3.05) is 18.6 Å². The monoisotopic (exact) mass is 553 g/mol. The van der Waals surface area contributed by atoms with E-state index in [4.69, 9.17) is 17.2 Å². The smallest absolute Gasteiger partial charge is 0.326 e. The molecule has 0 saturated carbocycles. The Labute approximate surface area is 226 Å². The molecule has 0 fully saturated rings. The summed E-state index contributed by atoms with van der Waals surface area (Å²) in [4.78, 5) is 54.1. The van der Waals surface area contributed by atoms with Crippen LogP contribution < -0.4 is 33.2 Å². The molecule has 0 heterocycles. The third-order valence-corrected chi connectivity index (χ3v) is 6.15. The molecular formula is C24H39N7O6S. The van der Waals surface area contributed by atoms with Crippen LogP contribution in [0.15, 0.2) is 35.3 Å². The Kier molecular flexibility index (Phi) is 14.8. The summed E-state index contributed by atoms with van der Waals surface area (Å²) in [5.41, 5.74) is 17.1. The van der Waals surface area contributed by atoms with Gasteiger partial charge in [-0.2, -0.15) is 11.8 Å². The molecule has 1 rings (SSSR count). The number of nitrogens with two attached hydrogens (primary N) is 3. The summed E-state index contributed by atoms with van der Waals surface area (Å²) in [7, 11) is 0. The molecule has 0 aliphatic carbocycles. The van der Waals surface area contributed by atoms with Gasteiger partial charge in [0.05, 0.1) is 12.1 Å². The molecule has 0 saturated heterocycles. The third-order valence-electron chi connectivity index (χ3n) is 5.51. The van der Waals surface area contributed by atoms with Crippen LogP contribution in [-0.2, 0) is 25.6 Å². The summed E-state index contributed by atoms with van der Waals surface area (Å²) in [5, 5.41) is 27.2. The fourth-order valence-electron chi connectivity index (χ4n) is 3.40. The minimum absolute atomic E-state index is 0.0541. The van der Waals surface area contributed by atoms with Crippen molar-refractivity contribution in [3.63, 3.8) is 0 Å². The van der Waals surface area contributed by atoms with Gasteiger partial charge in [0.25, 0.3) is 0 Å². The summed E-state index contributed by atoms with van der Waals surface area (Å²) in [6, 6.07) is 4.12. The SMILES string of the molecule is CSCCC(NC(=O)C(NC(=O)C(N)CCCN=C(N)N)C(C)O)C(=O)NC(Cc1ccccc1)C(=O)O. The van der Waals surface area contributed by atoms with E-state index in [-0.39, 0.29) is 31.8 Å². The maximum atomic E-state index is 13.0. The van der Waals surface area contributed by atoms with Gasteiger partial charge in [-0.05, 0) is 43.8 Å². The average Bonchev–Trinajstić information content (AvgIpc) is 2.86. The Hall–Kier alpha value is -3.36. The Morgan fingerprint density at radius 2 is 1.61 bits per heavy atom. The topological polar surface area (TPSA) is 235 Å². The van der Waals surface area contributed by atoms with Crippen LogP contribution in [0.1, 0.15) is 31.7 Å². The van der Waals surface area contributed by atoms with E-state index in [2.05, 4.69) is 20.9 Å². The largest absolute Gasteiger partial charge is 0.480 e. The second-order valence-corrected chi connectivity index (χ2v) is 9.70. The Balaban J connectivity index is 2.87. The van der Waals surface area contributed by atoms with Crippen molar-refractivity contribution in [1.82, 2.24) is 16.0 Å². The van der Waals surface area contributed by atoms with Crippen molar-refractivity contribution in [3.05, 3.63) is 35.9 Å². The number of nitrogens with one attached hydrogen (secondary N) is 3. The van der Waals surface area contributed by atoms with Gasteiger partial charge in [-0.1, -0.05) is 30.3 Å². The number of thioether (sulfide) groups is 1. The first-order valence-corrected chi connectivity index (χ1v) is 13.5. The lowest BCUT2D eigenvalue weighted by Gasteiger charge is -2.26. The summed E-state index contributed by atoms with van der Waals surface area (Å²) in [6.07, 6.45) is 1.41. The summed E-state index contributed by atoms with van der Waals surface area (Å²) >= 11 is 1.43. The van der Waals surface area contributed by atoms with Crippen LogP contribution in [0.25, 0.3) is 0 Å². The lowest BCUT2D eigenvalue weighted by Crippen LogP contribution is -2.60. The number of carbonyl (C=O) groups excluding carboxylic acids is 3. The quantitative estimate of drug-likeness (QED) is 0.0617. The zero-order valence-electron chi connectivity index (χ0n) is 21.6. The van der Waals surface area contributed by atoms with Crippen molar-refractivity contribution in [1.29, 1.82) is 0 Å². The molecule has 1 aromatic rings. The first-order valence-electron chi connectivity index (χ1n) is 12.1. The van der Waals surface area contributed by atoms with Gasteiger partial charge in [0, 0.05) is 13.0 Å². The average molecular weight is 554 g/mol. The van der Waals surface area contributed by atoms with Gasteiger partial charge in [-0.15, -0.1) is 0 Å². The predicted octanol–water partition coefficient (Wildman–Crippen LogP) is -1.72. The molecule has 1 aromatic carbocycles. The molecular weight excluding hydrogens is 514 g/mol. The predicted molar refractivity (Wildman–Crippen MR) is 146 cm³/mol. The Morgan fingerprint density at radius 1 is 0.974 bits per heavy atom. The molecule has 5 unspecified atom stereocenters. The standard InChI is InChI=1S/C24H39N7O6S/c1-14(32)19(31-20(33)16(25)9-6-11-28-24(26)27)22(35)29-17(10-12-38-2)21(34)30-18(23(36)37)13-15-7-4-3-5-8-15/h3-5,7-8,14,16-19,32H,6,9-13,25H2,1-2H3,(H,29,35)(H,30,34)(H,31,33)(H,36,37)(H4,26,27,28). The molecule has 0 spiro atoms. The van der Waals surface area contributed by atoms with Crippen LogP contribution in [0.2, 0.25) is 0 Å². The van der Waals surface area contributed by atoms with Crippen molar-refractivity contribution in [2.24, 2.45) is 22.2 Å². The molecule has 3 amide bonds. The second-order valence-electron chi connectivity index (χ2n) is 8.71. The zero-order valence-corrected chi connectivity index (χ0v) is 22.4. The highest BCUT2D eigenvalue weighted by atomic mass is 32.2. The van der Waals surface area contributed by atoms with E-state index in [1.807, 2.05) is 6.26 Å².